The molecule has 0 bridgehead atoms. The zero-order chi connectivity index (χ0) is 14.5. The molecule has 0 aliphatic carbocycles. The quantitative estimate of drug-likeness (QED) is 0.732. The molecule has 1 fully saturated rings. The first-order valence-corrected chi connectivity index (χ1v) is 7.23. The Balaban J connectivity index is 2.48. The van der Waals surface area contributed by atoms with Crippen LogP contribution in [0.25, 0.3) is 0 Å². The fourth-order valence-corrected chi connectivity index (χ4v) is 2.44. The van der Waals surface area contributed by atoms with Gasteiger partial charge in [-0.1, -0.05) is 13.3 Å². The Hall–Kier alpha value is -0.650. The second-order valence-electron chi connectivity index (χ2n) is 5.85. The second kappa shape index (κ2) is 7.22. The third-order valence-electron chi connectivity index (χ3n) is 3.84. The van der Waals surface area contributed by atoms with E-state index in [4.69, 9.17) is 4.74 Å². The molecule has 2 N–H and O–H groups in total. The van der Waals surface area contributed by atoms with E-state index in [-0.39, 0.29) is 6.10 Å². The molecule has 1 heterocycles. The smallest absolute Gasteiger partial charge is 0.323 e. The van der Waals surface area contributed by atoms with Gasteiger partial charge in [-0.3, -0.25) is 15.0 Å². The van der Waals surface area contributed by atoms with Crippen LogP contribution in [0.4, 0.5) is 0 Å². The molecule has 1 saturated heterocycles. The van der Waals surface area contributed by atoms with Crippen LogP contribution in [0.15, 0.2) is 0 Å². The molecule has 0 saturated carbocycles. The number of carbonyl (C=O) groups is 1. The van der Waals surface area contributed by atoms with Crippen LogP contribution >= 0.6 is 0 Å². The fourth-order valence-electron chi connectivity index (χ4n) is 2.44. The molecule has 2 unspecified atom stereocenters. The van der Waals surface area contributed by atoms with Crippen LogP contribution in [0, 0.1) is 0 Å². The number of nitrogens with one attached hydrogen (secondary N) is 1. The summed E-state index contributed by atoms with van der Waals surface area (Å²) in [4.78, 5) is 13.7. The molecule has 0 aromatic heterocycles. The van der Waals surface area contributed by atoms with Crippen LogP contribution in [0.3, 0.4) is 0 Å². The summed E-state index contributed by atoms with van der Waals surface area (Å²) in [6.07, 6.45) is 1.55. The first kappa shape index (κ1) is 16.4. The van der Waals surface area contributed by atoms with Crippen molar-refractivity contribution in [3.05, 3.63) is 0 Å². The summed E-state index contributed by atoms with van der Waals surface area (Å²) in [5.41, 5.74) is -0.849. The number of hydrogen-bond donors (Lipinski definition) is 2. The summed E-state index contributed by atoms with van der Waals surface area (Å²) in [5, 5.41) is 12.5. The molecule has 5 nitrogen and oxygen atoms in total. The standard InChI is InChI=1S/C14H28N2O3/c1-5-6-14(4,13(17)18)15-9-12-10-16(11(2)3)7-8-19-12/h11-12,15H,5-10H2,1-4H3,(H,17,18). The summed E-state index contributed by atoms with van der Waals surface area (Å²) >= 11 is 0. The van der Waals surface area contributed by atoms with Gasteiger partial charge in [0.25, 0.3) is 0 Å². The fraction of sp³-hybridized carbons (Fsp3) is 0.929. The lowest BCUT2D eigenvalue weighted by Crippen LogP contribution is -2.55. The molecule has 0 aromatic rings. The summed E-state index contributed by atoms with van der Waals surface area (Å²) in [6.45, 7) is 11.2. The maximum Gasteiger partial charge on any atom is 0.323 e. The monoisotopic (exact) mass is 272 g/mol. The first-order valence-electron chi connectivity index (χ1n) is 7.23. The minimum atomic E-state index is -0.849. The van der Waals surface area contributed by atoms with Gasteiger partial charge in [0.2, 0.25) is 0 Å². The molecule has 1 aliphatic heterocycles. The Morgan fingerprint density at radius 3 is 2.79 bits per heavy atom. The Bertz CT molecular complexity index is 296. The second-order valence-corrected chi connectivity index (χ2v) is 5.85. The third kappa shape index (κ3) is 4.75. The van der Waals surface area contributed by atoms with Crippen molar-refractivity contribution in [2.75, 3.05) is 26.2 Å². The largest absolute Gasteiger partial charge is 0.480 e. The summed E-state index contributed by atoms with van der Waals surface area (Å²) < 4.78 is 5.71. The van der Waals surface area contributed by atoms with Gasteiger partial charge in [-0.2, -0.15) is 0 Å². The number of ether oxygens (including phenoxy) is 1. The average molecular weight is 272 g/mol. The van der Waals surface area contributed by atoms with Crippen molar-refractivity contribution in [1.29, 1.82) is 0 Å². The van der Waals surface area contributed by atoms with E-state index in [2.05, 4.69) is 24.1 Å². The van der Waals surface area contributed by atoms with Gasteiger partial charge in [-0.15, -0.1) is 0 Å². The van der Waals surface area contributed by atoms with Crippen molar-refractivity contribution in [2.24, 2.45) is 0 Å². The van der Waals surface area contributed by atoms with Crippen LogP contribution in [0.5, 0.6) is 0 Å². The molecular formula is C14H28N2O3. The van der Waals surface area contributed by atoms with Crippen LogP contribution in [0.2, 0.25) is 0 Å². The molecule has 0 radical (unpaired) electrons. The predicted molar refractivity (Wildman–Crippen MR) is 75.4 cm³/mol. The highest BCUT2D eigenvalue weighted by molar-refractivity contribution is 5.78. The number of rotatable bonds is 7. The van der Waals surface area contributed by atoms with E-state index < -0.39 is 11.5 Å². The Labute approximate surface area is 116 Å². The molecule has 1 rings (SSSR count). The zero-order valence-corrected chi connectivity index (χ0v) is 12.6. The molecule has 112 valence electrons. The highest BCUT2D eigenvalue weighted by Gasteiger charge is 2.33. The number of morpholine rings is 1. The van der Waals surface area contributed by atoms with Gasteiger partial charge < -0.3 is 9.84 Å². The van der Waals surface area contributed by atoms with E-state index >= 15 is 0 Å². The van der Waals surface area contributed by atoms with E-state index in [1.807, 2.05) is 6.92 Å². The van der Waals surface area contributed by atoms with Crippen LogP contribution in [-0.2, 0) is 9.53 Å². The van der Waals surface area contributed by atoms with E-state index in [0.29, 0.717) is 19.0 Å². The Kier molecular flexibility index (Phi) is 6.23. The highest BCUT2D eigenvalue weighted by atomic mass is 16.5. The summed E-state index contributed by atoms with van der Waals surface area (Å²) in [6, 6.07) is 0.507. The van der Waals surface area contributed by atoms with Crippen molar-refractivity contribution in [1.82, 2.24) is 10.2 Å². The van der Waals surface area contributed by atoms with Gasteiger partial charge in [-0.25, -0.2) is 0 Å². The molecule has 0 aromatic carbocycles. The SMILES string of the molecule is CCCC(C)(NCC1CN(C(C)C)CCO1)C(=O)O. The van der Waals surface area contributed by atoms with Crippen molar-refractivity contribution in [3.63, 3.8) is 0 Å². The van der Waals surface area contributed by atoms with Crippen LogP contribution < -0.4 is 5.32 Å². The number of hydrogen-bond acceptors (Lipinski definition) is 4. The van der Waals surface area contributed by atoms with Gasteiger partial charge >= 0.3 is 5.97 Å². The topological polar surface area (TPSA) is 61.8 Å². The van der Waals surface area contributed by atoms with Crippen molar-refractivity contribution in [3.8, 4) is 0 Å². The first-order chi connectivity index (χ1) is 8.89. The van der Waals surface area contributed by atoms with Gasteiger partial charge in [0, 0.05) is 25.7 Å². The lowest BCUT2D eigenvalue weighted by atomic mass is 9.96. The maximum absolute atomic E-state index is 11.3. The Morgan fingerprint density at radius 1 is 1.58 bits per heavy atom. The summed E-state index contributed by atoms with van der Waals surface area (Å²) in [5.74, 6) is -0.786. The van der Waals surface area contributed by atoms with Gasteiger partial charge in [0.05, 0.1) is 12.7 Å². The van der Waals surface area contributed by atoms with Crippen LogP contribution in [0.1, 0.15) is 40.5 Å². The number of nitrogens with zero attached hydrogens (tertiary/aromatic N) is 1. The zero-order valence-electron chi connectivity index (χ0n) is 12.6. The van der Waals surface area contributed by atoms with E-state index in [1.165, 1.54) is 0 Å². The number of aliphatic carboxylic acids is 1. The third-order valence-corrected chi connectivity index (χ3v) is 3.84. The maximum atomic E-state index is 11.3. The average Bonchev–Trinajstić information content (AvgIpc) is 2.37. The molecule has 0 amide bonds. The molecule has 5 heteroatoms. The van der Waals surface area contributed by atoms with Crippen molar-refractivity contribution < 1.29 is 14.6 Å². The molecule has 0 spiro atoms. The molecular weight excluding hydrogens is 244 g/mol. The van der Waals surface area contributed by atoms with Gasteiger partial charge in [-0.05, 0) is 27.2 Å². The van der Waals surface area contributed by atoms with Crippen molar-refractivity contribution >= 4 is 5.97 Å². The minimum absolute atomic E-state index is 0.0756. The lowest BCUT2D eigenvalue weighted by Gasteiger charge is -2.37. The van der Waals surface area contributed by atoms with Crippen molar-refractivity contribution in [2.45, 2.75) is 58.2 Å². The van der Waals surface area contributed by atoms with Gasteiger partial charge in [0.1, 0.15) is 5.54 Å². The predicted octanol–water partition coefficient (Wildman–Crippen LogP) is 1.33. The molecule has 1 aliphatic rings. The van der Waals surface area contributed by atoms with E-state index in [1.54, 1.807) is 6.92 Å². The van der Waals surface area contributed by atoms with E-state index in [0.717, 1.165) is 26.1 Å². The normalized spacial score (nSPS) is 24.4. The molecule has 19 heavy (non-hydrogen) atoms. The summed E-state index contributed by atoms with van der Waals surface area (Å²) in [7, 11) is 0. The number of carboxylic acids is 1. The highest BCUT2D eigenvalue weighted by Crippen LogP contribution is 2.14. The van der Waals surface area contributed by atoms with E-state index in [9.17, 15) is 9.90 Å². The minimum Gasteiger partial charge on any atom is -0.480 e. The lowest BCUT2D eigenvalue weighted by molar-refractivity contribution is -0.145. The Morgan fingerprint density at radius 2 is 2.26 bits per heavy atom. The van der Waals surface area contributed by atoms with Gasteiger partial charge in [0.15, 0.2) is 0 Å². The number of carboxylic acid groups (broad SMARTS) is 1. The van der Waals surface area contributed by atoms with Crippen LogP contribution in [-0.4, -0.2) is 59.9 Å². The molecule has 2 atom stereocenters.